The summed E-state index contributed by atoms with van der Waals surface area (Å²) in [6.07, 6.45) is 2.69. The van der Waals surface area contributed by atoms with E-state index in [2.05, 4.69) is 15.1 Å². The van der Waals surface area contributed by atoms with Crippen molar-refractivity contribution in [2.45, 2.75) is 12.5 Å². The Morgan fingerprint density at radius 1 is 1.56 bits per heavy atom. The average molecular weight is 249 g/mol. The Balaban J connectivity index is 2.03. The van der Waals surface area contributed by atoms with E-state index in [0.29, 0.717) is 17.0 Å². The summed E-state index contributed by atoms with van der Waals surface area (Å²) >= 11 is 0. The van der Waals surface area contributed by atoms with Crippen LogP contribution in [0.5, 0.6) is 0 Å². The summed E-state index contributed by atoms with van der Waals surface area (Å²) in [5.41, 5.74) is 0.457. The number of fused-ring (bicyclic) bond motifs is 1. The number of anilines is 1. The van der Waals surface area contributed by atoms with Crippen molar-refractivity contribution in [3.63, 3.8) is 0 Å². The van der Waals surface area contributed by atoms with E-state index < -0.39 is 0 Å². The molecular weight excluding hydrogens is 234 g/mol. The van der Waals surface area contributed by atoms with Crippen LogP contribution >= 0.6 is 0 Å². The molecule has 1 N–H and O–H groups in total. The molecule has 1 fully saturated rings. The maximum Gasteiger partial charge on any atom is 0.263 e. The Bertz CT molecular complexity index is 632. The second-order valence-electron chi connectivity index (χ2n) is 4.49. The summed E-state index contributed by atoms with van der Waals surface area (Å²) in [4.78, 5) is 21.2. The molecule has 0 amide bonds. The van der Waals surface area contributed by atoms with Crippen LogP contribution in [0.15, 0.2) is 11.0 Å². The minimum atomic E-state index is -0.149. The largest absolute Gasteiger partial charge is 0.380 e. The Labute approximate surface area is 103 Å². The molecule has 18 heavy (non-hydrogen) atoms. The van der Waals surface area contributed by atoms with E-state index in [-0.39, 0.29) is 11.7 Å². The lowest BCUT2D eigenvalue weighted by Gasteiger charge is -2.16. The first-order valence-electron chi connectivity index (χ1n) is 5.89. The number of hydrogen-bond acceptors (Lipinski definition) is 5. The van der Waals surface area contributed by atoms with Gasteiger partial charge in [0.05, 0.1) is 12.3 Å². The highest BCUT2D eigenvalue weighted by Gasteiger charge is 2.24. The van der Waals surface area contributed by atoms with Gasteiger partial charge in [0.1, 0.15) is 5.39 Å². The first-order valence-corrected chi connectivity index (χ1v) is 5.89. The molecule has 3 heterocycles. The van der Waals surface area contributed by atoms with Crippen LogP contribution < -0.4 is 10.5 Å². The van der Waals surface area contributed by atoms with Crippen molar-refractivity contribution in [1.29, 1.82) is 0 Å². The number of aryl methyl sites for hydroxylation is 1. The summed E-state index contributed by atoms with van der Waals surface area (Å²) in [5, 5.41) is 4.56. The van der Waals surface area contributed by atoms with Crippen LogP contribution in [-0.2, 0) is 11.8 Å². The number of hydrogen-bond donors (Lipinski definition) is 1. The monoisotopic (exact) mass is 249 g/mol. The van der Waals surface area contributed by atoms with Crippen molar-refractivity contribution >= 4 is 17.0 Å². The molecule has 2 aromatic heterocycles. The van der Waals surface area contributed by atoms with E-state index in [0.717, 1.165) is 19.5 Å². The predicted octanol–water partition coefficient (Wildman–Crippen LogP) is -0.118. The highest BCUT2D eigenvalue weighted by Crippen LogP contribution is 2.18. The molecule has 7 heteroatoms. The third-order valence-electron chi connectivity index (χ3n) is 3.37. The molecule has 0 unspecified atom stereocenters. The van der Waals surface area contributed by atoms with E-state index in [1.165, 1.54) is 6.20 Å². The molecule has 1 aliphatic heterocycles. The molecule has 1 aliphatic rings. The van der Waals surface area contributed by atoms with Crippen molar-refractivity contribution in [1.82, 2.24) is 19.7 Å². The molecule has 1 atom stereocenters. The second kappa shape index (κ2) is 4.09. The third-order valence-corrected chi connectivity index (χ3v) is 3.37. The van der Waals surface area contributed by atoms with E-state index in [9.17, 15) is 4.79 Å². The molecule has 0 bridgehead atoms. The quantitative estimate of drug-likeness (QED) is 0.803. The van der Waals surface area contributed by atoms with Gasteiger partial charge in [0.15, 0.2) is 5.65 Å². The molecule has 0 saturated carbocycles. The standard InChI is InChI=1S/C11H15N5O2/c1-15-9-8(5-12-15)10(17)14-11(13-9)16-4-3-7(6-16)18-2/h5,7H,3-4,6H2,1-2H3,(H,13,14,17)/t7-/m1/s1. The van der Waals surface area contributed by atoms with Crippen LogP contribution in [-0.4, -0.2) is 46.1 Å². The lowest BCUT2D eigenvalue weighted by molar-refractivity contribution is 0.121. The average Bonchev–Trinajstić information content (AvgIpc) is 2.97. The van der Waals surface area contributed by atoms with Crippen LogP contribution in [0.3, 0.4) is 0 Å². The Kier molecular flexibility index (Phi) is 2.55. The van der Waals surface area contributed by atoms with Gasteiger partial charge in [0.25, 0.3) is 5.56 Å². The van der Waals surface area contributed by atoms with Crippen LogP contribution in [0, 0.1) is 0 Å². The number of aromatic amines is 1. The van der Waals surface area contributed by atoms with Gasteiger partial charge in [0.2, 0.25) is 5.95 Å². The number of nitrogens with one attached hydrogen (secondary N) is 1. The molecule has 96 valence electrons. The van der Waals surface area contributed by atoms with Gasteiger partial charge in [-0.15, -0.1) is 0 Å². The van der Waals surface area contributed by atoms with Crippen molar-refractivity contribution < 1.29 is 4.74 Å². The minimum Gasteiger partial charge on any atom is -0.380 e. The minimum absolute atomic E-state index is 0.149. The van der Waals surface area contributed by atoms with E-state index >= 15 is 0 Å². The molecule has 1 saturated heterocycles. The van der Waals surface area contributed by atoms with Gasteiger partial charge >= 0.3 is 0 Å². The number of methoxy groups -OCH3 is 1. The predicted molar refractivity (Wildman–Crippen MR) is 66.8 cm³/mol. The SMILES string of the molecule is CO[C@@H]1CCN(c2nc3c(cnn3C)c(=O)[nH]2)C1. The summed E-state index contributed by atoms with van der Waals surface area (Å²) in [7, 11) is 3.48. The zero-order valence-electron chi connectivity index (χ0n) is 10.4. The van der Waals surface area contributed by atoms with Gasteiger partial charge in [-0.2, -0.15) is 10.1 Å². The molecular formula is C11H15N5O2. The van der Waals surface area contributed by atoms with Gasteiger partial charge in [-0.3, -0.25) is 14.5 Å². The first-order chi connectivity index (χ1) is 8.69. The van der Waals surface area contributed by atoms with Crippen molar-refractivity contribution in [3.05, 3.63) is 16.6 Å². The number of rotatable bonds is 2. The molecule has 2 aromatic rings. The molecule has 0 aromatic carbocycles. The first kappa shape index (κ1) is 11.2. The van der Waals surface area contributed by atoms with Gasteiger partial charge in [-0.05, 0) is 6.42 Å². The van der Waals surface area contributed by atoms with Gasteiger partial charge in [-0.1, -0.05) is 0 Å². The fraction of sp³-hybridized carbons (Fsp3) is 0.545. The summed E-state index contributed by atoms with van der Waals surface area (Å²) in [5.74, 6) is 0.593. The second-order valence-corrected chi connectivity index (χ2v) is 4.49. The van der Waals surface area contributed by atoms with Crippen LogP contribution in [0.1, 0.15) is 6.42 Å². The van der Waals surface area contributed by atoms with Crippen LogP contribution in [0.2, 0.25) is 0 Å². The maximum atomic E-state index is 11.9. The topological polar surface area (TPSA) is 76.0 Å². The van der Waals surface area contributed by atoms with Gasteiger partial charge < -0.3 is 9.64 Å². The number of aromatic nitrogens is 4. The van der Waals surface area contributed by atoms with Crippen molar-refractivity contribution in [2.24, 2.45) is 7.05 Å². The Morgan fingerprint density at radius 3 is 3.11 bits per heavy atom. The molecule has 3 rings (SSSR count). The summed E-state index contributed by atoms with van der Waals surface area (Å²) in [6, 6.07) is 0. The summed E-state index contributed by atoms with van der Waals surface area (Å²) < 4.78 is 6.92. The molecule has 0 aliphatic carbocycles. The lowest BCUT2D eigenvalue weighted by atomic mass is 10.3. The Morgan fingerprint density at radius 2 is 2.39 bits per heavy atom. The van der Waals surface area contributed by atoms with E-state index in [1.807, 2.05) is 4.90 Å². The maximum absolute atomic E-state index is 11.9. The fourth-order valence-electron chi connectivity index (χ4n) is 2.28. The van der Waals surface area contributed by atoms with Crippen LogP contribution in [0.25, 0.3) is 11.0 Å². The molecule has 7 nitrogen and oxygen atoms in total. The van der Waals surface area contributed by atoms with E-state index in [1.54, 1.807) is 18.8 Å². The Hall–Kier alpha value is -1.89. The number of ether oxygens (including phenoxy) is 1. The highest BCUT2D eigenvalue weighted by atomic mass is 16.5. The zero-order chi connectivity index (χ0) is 12.7. The molecule has 0 radical (unpaired) electrons. The number of nitrogens with zero attached hydrogens (tertiary/aromatic N) is 4. The normalized spacial score (nSPS) is 19.9. The van der Waals surface area contributed by atoms with E-state index in [4.69, 9.17) is 4.74 Å². The lowest BCUT2D eigenvalue weighted by Crippen LogP contribution is -2.26. The fourth-order valence-corrected chi connectivity index (χ4v) is 2.28. The summed E-state index contributed by atoms with van der Waals surface area (Å²) in [6.45, 7) is 1.59. The highest BCUT2D eigenvalue weighted by molar-refractivity contribution is 5.74. The zero-order valence-corrected chi connectivity index (χ0v) is 10.4. The van der Waals surface area contributed by atoms with Gasteiger partial charge in [-0.25, -0.2) is 0 Å². The number of H-pyrrole nitrogens is 1. The van der Waals surface area contributed by atoms with Crippen molar-refractivity contribution in [2.75, 3.05) is 25.1 Å². The third kappa shape index (κ3) is 1.67. The van der Waals surface area contributed by atoms with Gasteiger partial charge in [0, 0.05) is 27.2 Å². The smallest absolute Gasteiger partial charge is 0.263 e. The van der Waals surface area contributed by atoms with Crippen molar-refractivity contribution in [3.8, 4) is 0 Å². The van der Waals surface area contributed by atoms with Crippen LogP contribution in [0.4, 0.5) is 5.95 Å². The molecule has 0 spiro atoms.